The van der Waals surface area contributed by atoms with E-state index in [4.69, 9.17) is 0 Å². The van der Waals surface area contributed by atoms with Crippen molar-refractivity contribution in [1.29, 1.82) is 0 Å². The number of fused-ring (bicyclic) bond motifs is 6. The summed E-state index contributed by atoms with van der Waals surface area (Å²) in [5.74, 6) is 0.977. The summed E-state index contributed by atoms with van der Waals surface area (Å²) in [6, 6.07) is 7.34. The van der Waals surface area contributed by atoms with Gasteiger partial charge in [-0.3, -0.25) is 4.79 Å². The number of aromatic amines is 1. The van der Waals surface area contributed by atoms with Gasteiger partial charge in [0.2, 0.25) is 0 Å². The van der Waals surface area contributed by atoms with Crippen LogP contribution >= 0.6 is 23.1 Å². The normalized spacial score (nSPS) is 33.2. The third kappa shape index (κ3) is 1.99. The van der Waals surface area contributed by atoms with E-state index in [1.807, 2.05) is 23.9 Å². The molecule has 124 valence electrons. The second kappa shape index (κ2) is 5.23. The van der Waals surface area contributed by atoms with Crippen molar-refractivity contribution in [2.75, 3.05) is 0 Å². The van der Waals surface area contributed by atoms with Gasteiger partial charge in [0.1, 0.15) is 0 Å². The lowest BCUT2D eigenvalue weighted by Gasteiger charge is -2.40. The zero-order valence-corrected chi connectivity index (χ0v) is 14.5. The van der Waals surface area contributed by atoms with E-state index in [-0.39, 0.29) is 10.8 Å². The summed E-state index contributed by atoms with van der Waals surface area (Å²) < 4.78 is 0. The van der Waals surface area contributed by atoms with Crippen LogP contribution in [0.2, 0.25) is 0 Å². The summed E-state index contributed by atoms with van der Waals surface area (Å²) >= 11 is 3.10. The molecule has 3 aliphatic rings. The summed E-state index contributed by atoms with van der Waals surface area (Å²) in [6.07, 6.45) is 3.77. The number of benzene rings is 1. The van der Waals surface area contributed by atoms with Crippen LogP contribution in [0.5, 0.6) is 0 Å². The maximum absolute atomic E-state index is 12.0. The lowest BCUT2D eigenvalue weighted by Crippen LogP contribution is -2.34. The minimum Gasteiger partial charge on any atom is -0.478 e. The quantitative estimate of drug-likeness (QED) is 0.856. The first-order valence-corrected chi connectivity index (χ1v) is 10.0. The Morgan fingerprint density at radius 2 is 2.00 bits per heavy atom. The molecule has 2 aromatic rings. The van der Waals surface area contributed by atoms with Gasteiger partial charge in [0, 0.05) is 16.0 Å². The molecule has 0 saturated heterocycles. The Bertz CT molecular complexity index is 886. The first kappa shape index (κ1) is 14.8. The number of aromatic carboxylic acids is 1. The van der Waals surface area contributed by atoms with E-state index < -0.39 is 5.97 Å². The molecule has 0 amide bonds. The second-order valence-corrected chi connectivity index (χ2v) is 9.27. The number of rotatable bonds is 2. The number of thioether (sulfide) groups is 1. The first-order valence-electron chi connectivity index (χ1n) is 8.35. The van der Waals surface area contributed by atoms with Crippen molar-refractivity contribution in [3.63, 3.8) is 0 Å². The first-order chi connectivity index (χ1) is 11.6. The van der Waals surface area contributed by atoms with Gasteiger partial charge in [-0.2, -0.15) is 0 Å². The van der Waals surface area contributed by atoms with Crippen molar-refractivity contribution in [1.82, 2.24) is 4.98 Å². The largest absolute Gasteiger partial charge is 0.478 e. The number of thiazole rings is 1. The van der Waals surface area contributed by atoms with Crippen LogP contribution in [-0.2, 0) is 0 Å². The molecule has 24 heavy (non-hydrogen) atoms. The number of carboxylic acid groups (broad SMARTS) is 1. The van der Waals surface area contributed by atoms with Crippen LogP contribution < -0.4 is 4.87 Å². The van der Waals surface area contributed by atoms with Crippen LogP contribution in [0.1, 0.15) is 46.0 Å². The van der Waals surface area contributed by atoms with Crippen molar-refractivity contribution in [3.05, 3.63) is 49.9 Å². The number of carboxylic acids is 1. The van der Waals surface area contributed by atoms with Crippen LogP contribution in [0.25, 0.3) is 0 Å². The van der Waals surface area contributed by atoms with Crippen molar-refractivity contribution >= 4 is 29.1 Å². The molecule has 2 fully saturated rings. The highest BCUT2D eigenvalue weighted by atomic mass is 32.2. The van der Waals surface area contributed by atoms with Gasteiger partial charge in [-0.05, 0) is 48.6 Å². The average molecular weight is 359 g/mol. The standard InChI is InChI=1S/C18H17NO3S2/c20-17(21)11-4-2-1-3-10(11)13-12-8-5-6-9(7-8)14(12)23-16-15(13)24-18(22)19-16/h1-4,8-9,12-14H,5-7H2,(H,19,22)(H,20,21)/t8-,9-,12+,13-,14-/m0/s1. The Labute approximate surface area is 147 Å². The van der Waals surface area contributed by atoms with E-state index in [0.29, 0.717) is 28.6 Å². The molecule has 0 radical (unpaired) electrons. The van der Waals surface area contributed by atoms with Gasteiger partial charge in [0.15, 0.2) is 0 Å². The number of nitrogens with one attached hydrogen (secondary N) is 1. The lowest BCUT2D eigenvalue weighted by molar-refractivity contribution is 0.0694. The zero-order chi connectivity index (χ0) is 16.4. The summed E-state index contributed by atoms with van der Waals surface area (Å²) in [5.41, 5.74) is 1.26. The minimum absolute atomic E-state index is 0.0300. The average Bonchev–Trinajstić information content (AvgIpc) is 3.26. The van der Waals surface area contributed by atoms with Gasteiger partial charge in [-0.1, -0.05) is 29.5 Å². The number of hydrogen-bond acceptors (Lipinski definition) is 4. The molecule has 4 nitrogen and oxygen atoms in total. The summed E-state index contributed by atoms with van der Waals surface area (Å²) in [5, 5.41) is 11.1. The fourth-order valence-electron chi connectivity index (χ4n) is 5.16. The fourth-order valence-corrected chi connectivity index (χ4v) is 8.05. The summed E-state index contributed by atoms with van der Waals surface area (Å²) in [7, 11) is 0. The van der Waals surface area contributed by atoms with Gasteiger partial charge in [-0.15, -0.1) is 11.8 Å². The predicted octanol–water partition coefficient (Wildman–Crippen LogP) is 3.79. The van der Waals surface area contributed by atoms with Crippen molar-refractivity contribution in [2.45, 2.75) is 35.5 Å². The lowest BCUT2D eigenvalue weighted by atomic mass is 9.74. The Hall–Kier alpha value is -1.53. The highest BCUT2D eigenvalue weighted by Crippen LogP contribution is 2.63. The Balaban J connectivity index is 1.73. The van der Waals surface area contributed by atoms with Crippen molar-refractivity contribution in [2.24, 2.45) is 17.8 Å². The minimum atomic E-state index is -0.882. The third-order valence-corrected chi connectivity index (χ3v) is 8.62. The number of aromatic nitrogens is 1. The van der Waals surface area contributed by atoms with E-state index in [1.165, 1.54) is 30.6 Å². The molecule has 2 bridgehead atoms. The molecule has 0 spiro atoms. The molecule has 1 aromatic carbocycles. The molecule has 2 saturated carbocycles. The molecule has 1 aliphatic heterocycles. The van der Waals surface area contributed by atoms with E-state index >= 15 is 0 Å². The molecule has 2 aliphatic carbocycles. The maximum atomic E-state index is 12.0. The topological polar surface area (TPSA) is 70.2 Å². The van der Waals surface area contributed by atoms with Crippen LogP contribution in [0.15, 0.2) is 34.1 Å². The van der Waals surface area contributed by atoms with Gasteiger partial charge in [-0.25, -0.2) is 4.79 Å². The smallest absolute Gasteiger partial charge is 0.335 e. The summed E-state index contributed by atoms with van der Waals surface area (Å²) in [6.45, 7) is 0. The Kier molecular flexibility index (Phi) is 3.22. The van der Waals surface area contributed by atoms with Crippen LogP contribution in [0.3, 0.4) is 0 Å². The molecule has 0 unspecified atom stereocenters. The molecular formula is C18H17NO3S2. The molecule has 1 aromatic heterocycles. The summed E-state index contributed by atoms with van der Waals surface area (Å²) in [4.78, 5) is 27.8. The van der Waals surface area contributed by atoms with E-state index in [2.05, 4.69) is 4.98 Å². The highest BCUT2D eigenvalue weighted by Gasteiger charge is 2.55. The maximum Gasteiger partial charge on any atom is 0.335 e. The molecule has 2 heterocycles. The fraction of sp³-hybridized carbons (Fsp3) is 0.444. The number of H-pyrrole nitrogens is 1. The third-order valence-electron chi connectivity index (χ3n) is 5.99. The SMILES string of the molecule is O=C(O)c1ccccc1[C@@H]1c2sc(=O)[nH]c2S[C@H]2[C@H]3CC[C@@H](C3)[C@H]12. The predicted molar refractivity (Wildman–Crippen MR) is 94.2 cm³/mol. The second-order valence-electron chi connectivity index (χ2n) is 7.07. The van der Waals surface area contributed by atoms with Crippen molar-refractivity contribution in [3.8, 4) is 0 Å². The van der Waals surface area contributed by atoms with E-state index in [0.717, 1.165) is 15.5 Å². The molecule has 5 atom stereocenters. The highest BCUT2D eigenvalue weighted by molar-refractivity contribution is 8.00. The van der Waals surface area contributed by atoms with E-state index in [1.54, 1.807) is 12.1 Å². The number of carbonyl (C=O) groups is 1. The van der Waals surface area contributed by atoms with Crippen molar-refractivity contribution < 1.29 is 9.90 Å². The van der Waals surface area contributed by atoms with Gasteiger partial charge in [0.05, 0.1) is 10.6 Å². The number of hydrogen-bond donors (Lipinski definition) is 2. The van der Waals surface area contributed by atoms with Crippen LogP contribution in [-0.4, -0.2) is 21.3 Å². The van der Waals surface area contributed by atoms with Crippen LogP contribution in [0.4, 0.5) is 0 Å². The monoisotopic (exact) mass is 359 g/mol. The van der Waals surface area contributed by atoms with Gasteiger partial charge >= 0.3 is 10.8 Å². The van der Waals surface area contributed by atoms with Crippen LogP contribution in [0, 0.1) is 17.8 Å². The van der Waals surface area contributed by atoms with Gasteiger partial charge < -0.3 is 10.1 Å². The molecular weight excluding hydrogens is 342 g/mol. The Morgan fingerprint density at radius 1 is 1.21 bits per heavy atom. The van der Waals surface area contributed by atoms with Gasteiger partial charge in [0.25, 0.3) is 0 Å². The Morgan fingerprint density at radius 3 is 2.83 bits per heavy atom. The van der Waals surface area contributed by atoms with E-state index in [9.17, 15) is 14.7 Å². The molecule has 2 N–H and O–H groups in total. The molecule has 6 heteroatoms. The zero-order valence-electron chi connectivity index (χ0n) is 12.9. The molecule has 5 rings (SSSR count).